The Morgan fingerprint density at radius 1 is 0.926 bits per heavy atom. The SMILES string of the molecule is Cc1ccc(C)c(NC(=O)COC(=O)CCC(=O)Nc2ccc(Cl)cc2)c1. The van der Waals surface area contributed by atoms with E-state index in [-0.39, 0.29) is 18.7 Å². The molecule has 0 aliphatic rings. The van der Waals surface area contributed by atoms with E-state index in [1.54, 1.807) is 24.3 Å². The van der Waals surface area contributed by atoms with Gasteiger partial charge >= 0.3 is 5.97 Å². The third-order valence-corrected chi connectivity index (χ3v) is 3.97. The zero-order chi connectivity index (χ0) is 19.8. The fraction of sp³-hybridized carbons (Fsp3) is 0.250. The number of amides is 2. The van der Waals surface area contributed by atoms with Crippen molar-refractivity contribution in [2.24, 2.45) is 0 Å². The van der Waals surface area contributed by atoms with Gasteiger partial charge in [-0.05, 0) is 55.3 Å². The topological polar surface area (TPSA) is 84.5 Å². The molecular weight excluding hydrogens is 368 g/mol. The predicted octanol–water partition coefficient (Wildman–Crippen LogP) is 3.86. The zero-order valence-corrected chi connectivity index (χ0v) is 15.9. The summed E-state index contributed by atoms with van der Waals surface area (Å²) in [5, 5.41) is 5.92. The van der Waals surface area contributed by atoms with Crippen LogP contribution in [0.4, 0.5) is 11.4 Å². The highest BCUT2D eigenvalue weighted by molar-refractivity contribution is 6.30. The first-order chi connectivity index (χ1) is 12.8. The summed E-state index contributed by atoms with van der Waals surface area (Å²) in [6, 6.07) is 12.3. The van der Waals surface area contributed by atoms with Crippen molar-refractivity contribution in [3.63, 3.8) is 0 Å². The molecule has 142 valence electrons. The lowest BCUT2D eigenvalue weighted by Crippen LogP contribution is -2.22. The summed E-state index contributed by atoms with van der Waals surface area (Å²) < 4.78 is 4.91. The quantitative estimate of drug-likeness (QED) is 0.705. The van der Waals surface area contributed by atoms with Crippen molar-refractivity contribution < 1.29 is 19.1 Å². The van der Waals surface area contributed by atoms with Gasteiger partial charge in [-0.1, -0.05) is 23.7 Å². The number of carbonyl (C=O) groups excluding carboxylic acids is 3. The van der Waals surface area contributed by atoms with Crippen LogP contribution in [0.3, 0.4) is 0 Å². The monoisotopic (exact) mass is 388 g/mol. The van der Waals surface area contributed by atoms with E-state index in [9.17, 15) is 14.4 Å². The smallest absolute Gasteiger partial charge is 0.306 e. The van der Waals surface area contributed by atoms with E-state index >= 15 is 0 Å². The van der Waals surface area contributed by atoms with Gasteiger partial charge in [-0.15, -0.1) is 0 Å². The lowest BCUT2D eigenvalue weighted by Gasteiger charge is -2.10. The molecule has 7 heteroatoms. The number of nitrogens with one attached hydrogen (secondary N) is 2. The third-order valence-electron chi connectivity index (χ3n) is 3.72. The molecule has 0 aliphatic carbocycles. The maximum atomic E-state index is 11.9. The first kappa shape index (κ1) is 20.5. The van der Waals surface area contributed by atoms with Crippen molar-refractivity contribution in [1.29, 1.82) is 0 Å². The maximum absolute atomic E-state index is 11.9. The summed E-state index contributed by atoms with van der Waals surface area (Å²) in [5.74, 6) is -1.37. The van der Waals surface area contributed by atoms with E-state index < -0.39 is 18.5 Å². The molecule has 0 bridgehead atoms. The van der Waals surface area contributed by atoms with Gasteiger partial charge in [0.25, 0.3) is 5.91 Å². The number of hydrogen-bond donors (Lipinski definition) is 2. The summed E-state index contributed by atoms with van der Waals surface area (Å²) >= 11 is 5.77. The van der Waals surface area contributed by atoms with Crippen LogP contribution >= 0.6 is 11.6 Å². The van der Waals surface area contributed by atoms with E-state index in [2.05, 4.69) is 10.6 Å². The van der Waals surface area contributed by atoms with E-state index in [1.165, 1.54) is 0 Å². The van der Waals surface area contributed by atoms with Crippen LogP contribution in [0.25, 0.3) is 0 Å². The average Bonchev–Trinajstić information content (AvgIpc) is 2.63. The molecule has 0 saturated heterocycles. The van der Waals surface area contributed by atoms with E-state index in [0.717, 1.165) is 11.1 Å². The first-order valence-electron chi connectivity index (χ1n) is 8.41. The molecule has 0 aliphatic heterocycles. The number of hydrogen-bond acceptors (Lipinski definition) is 4. The Morgan fingerprint density at radius 3 is 2.33 bits per heavy atom. The van der Waals surface area contributed by atoms with Crippen LogP contribution in [0.2, 0.25) is 5.02 Å². The molecule has 27 heavy (non-hydrogen) atoms. The van der Waals surface area contributed by atoms with Gasteiger partial charge in [0.2, 0.25) is 5.91 Å². The molecule has 2 N–H and O–H groups in total. The van der Waals surface area contributed by atoms with Gasteiger partial charge < -0.3 is 15.4 Å². The van der Waals surface area contributed by atoms with Gasteiger partial charge in [-0.2, -0.15) is 0 Å². The maximum Gasteiger partial charge on any atom is 0.306 e. The summed E-state index contributed by atoms with van der Waals surface area (Å²) in [6.45, 7) is 3.40. The Bertz CT molecular complexity index is 834. The number of halogens is 1. The second kappa shape index (κ2) is 9.73. The minimum atomic E-state index is -0.614. The van der Waals surface area contributed by atoms with Crippen LogP contribution in [0, 0.1) is 13.8 Å². The first-order valence-corrected chi connectivity index (χ1v) is 8.79. The van der Waals surface area contributed by atoms with Crippen molar-refractivity contribution in [3.8, 4) is 0 Å². The molecule has 2 aromatic carbocycles. The van der Waals surface area contributed by atoms with Gasteiger partial charge in [-0.25, -0.2) is 0 Å². The fourth-order valence-electron chi connectivity index (χ4n) is 2.25. The van der Waals surface area contributed by atoms with Gasteiger partial charge in [0.05, 0.1) is 6.42 Å². The molecule has 0 aromatic heterocycles. The molecular formula is C20H21ClN2O4. The zero-order valence-electron chi connectivity index (χ0n) is 15.2. The minimum absolute atomic E-state index is 0.0416. The van der Waals surface area contributed by atoms with Crippen molar-refractivity contribution in [2.45, 2.75) is 26.7 Å². The molecule has 6 nitrogen and oxygen atoms in total. The Hall–Kier alpha value is -2.86. The van der Waals surface area contributed by atoms with Crippen LogP contribution in [0.1, 0.15) is 24.0 Å². The second-order valence-electron chi connectivity index (χ2n) is 6.08. The molecule has 2 rings (SSSR count). The van der Waals surface area contributed by atoms with Crippen molar-refractivity contribution in [1.82, 2.24) is 0 Å². The molecule has 2 aromatic rings. The largest absolute Gasteiger partial charge is 0.456 e. The lowest BCUT2D eigenvalue weighted by molar-refractivity contribution is -0.147. The van der Waals surface area contributed by atoms with Crippen LogP contribution in [0.15, 0.2) is 42.5 Å². The highest BCUT2D eigenvalue weighted by Gasteiger charge is 2.11. The van der Waals surface area contributed by atoms with E-state index in [4.69, 9.17) is 16.3 Å². The van der Waals surface area contributed by atoms with Crippen LogP contribution < -0.4 is 10.6 Å². The number of rotatable bonds is 7. The van der Waals surface area contributed by atoms with Crippen LogP contribution in [-0.4, -0.2) is 24.4 Å². The molecule has 0 saturated carbocycles. The minimum Gasteiger partial charge on any atom is -0.456 e. The Labute approximate surface area is 162 Å². The average molecular weight is 389 g/mol. The Morgan fingerprint density at radius 2 is 1.63 bits per heavy atom. The van der Waals surface area contributed by atoms with Crippen molar-refractivity contribution in [3.05, 3.63) is 58.6 Å². The van der Waals surface area contributed by atoms with E-state index in [1.807, 2.05) is 32.0 Å². The molecule has 0 unspecified atom stereocenters. The molecule has 0 heterocycles. The van der Waals surface area contributed by atoms with Crippen molar-refractivity contribution in [2.75, 3.05) is 17.2 Å². The van der Waals surface area contributed by atoms with Gasteiger partial charge in [0.15, 0.2) is 6.61 Å². The normalized spacial score (nSPS) is 10.2. The molecule has 0 fully saturated rings. The van der Waals surface area contributed by atoms with Crippen LogP contribution in [0.5, 0.6) is 0 Å². The molecule has 2 amide bonds. The lowest BCUT2D eigenvalue weighted by atomic mass is 10.1. The third kappa shape index (κ3) is 7.11. The summed E-state index contributed by atoms with van der Waals surface area (Å²) in [4.78, 5) is 35.5. The summed E-state index contributed by atoms with van der Waals surface area (Å²) in [5.41, 5.74) is 3.20. The standard InChI is InChI=1S/C20H21ClN2O4/c1-13-3-4-14(2)17(11-13)23-19(25)12-27-20(26)10-9-18(24)22-16-7-5-15(21)6-8-16/h3-8,11H,9-10,12H2,1-2H3,(H,22,24)(H,23,25). The number of aryl methyl sites for hydroxylation is 2. The number of carbonyl (C=O) groups is 3. The second-order valence-corrected chi connectivity index (χ2v) is 6.52. The van der Waals surface area contributed by atoms with Gasteiger partial charge in [-0.3, -0.25) is 14.4 Å². The van der Waals surface area contributed by atoms with Gasteiger partial charge in [0.1, 0.15) is 0 Å². The Balaban J connectivity index is 1.70. The highest BCUT2D eigenvalue weighted by atomic mass is 35.5. The molecule has 0 atom stereocenters. The summed E-state index contributed by atoms with van der Waals surface area (Å²) in [6.07, 6.45) is -0.157. The summed E-state index contributed by atoms with van der Waals surface area (Å²) in [7, 11) is 0. The van der Waals surface area contributed by atoms with Crippen LogP contribution in [-0.2, 0) is 19.1 Å². The number of benzene rings is 2. The molecule has 0 spiro atoms. The predicted molar refractivity (Wildman–Crippen MR) is 105 cm³/mol. The fourth-order valence-corrected chi connectivity index (χ4v) is 2.37. The number of anilines is 2. The highest BCUT2D eigenvalue weighted by Crippen LogP contribution is 2.16. The van der Waals surface area contributed by atoms with Crippen molar-refractivity contribution >= 4 is 40.8 Å². The van der Waals surface area contributed by atoms with Gasteiger partial charge in [0, 0.05) is 22.8 Å². The number of esters is 1. The molecule has 0 radical (unpaired) electrons. The van der Waals surface area contributed by atoms with E-state index in [0.29, 0.717) is 16.4 Å². The Kier molecular flexibility index (Phi) is 7.37. The number of ether oxygens (including phenoxy) is 1.